The molecule has 6 heterocycles. The van der Waals surface area contributed by atoms with Gasteiger partial charge in [-0.2, -0.15) is 0 Å². The van der Waals surface area contributed by atoms with Gasteiger partial charge in [-0.25, -0.2) is 0 Å². The second kappa shape index (κ2) is 34.7. The van der Waals surface area contributed by atoms with Crippen LogP contribution in [0, 0.1) is 0 Å². The van der Waals surface area contributed by atoms with Gasteiger partial charge in [0.2, 0.25) is 11.1 Å². The van der Waals surface area contributed by atoms with E-state index in [1.807, 2.05) is 39.0 Å². The minimum absolute atomic E-state index is 0. The number of carbonyl (C=O) groups is 2. The number of phenolic OH excluding ortho intramolecular Hbond substituents is 6. The van der Waals surface area contributed by atoms with Crippen molar-refractivity contribution in [3.8, 4) is 46.0 Å². The van der Waals surface area contributed by atoms with Gasteiger partial charge in [-0.3, -0.25) is 28.8 Å². The highest BCUT2D eigenvalue weighted by molar-refractivity contribution is 7.17. The molecule has 6 aromatic carbocycles. The molecule has 22 heteroatoms. The number of thiazole rings is 2. The van der Waals surface area contributed by atoms with Gasteiger partial charge in [0.15, 0.2) is 19.0 Å². The van der Waals surface area contributed by atoms with Crippen LogP contribution in [-0.2, 0) is 42.1 Å². The van der Waals surface area contributed by atoms with Gasteiger partial charge < -0.3 is 70.7 Å². The molecule has 0 saturated carbocycles. The molecule has 101 heavy (non-hydrogen) atoms. The molecule has 0 aliphatic carbocycles. The number of aromatic amines is 4. The molecule has 0 radical (unpaired) electrons. The van der Waals surface area contributed by atoms with E-state index in [-0.39, 0.29) is 165 Å². The van der Waals surface area contributed by atoms with Gasteiger partial charge in [0.25, 0.3) is 11.8 Å². The number of pyridine rings is 2. The number of rotatable bonds is 0. The number of aromatic hydroxyl groups is 6. The minimum atomic E-state index is -0.242. The fourth-order valence-corrected chi connectivity index (χ4v) is 12.6. The first-order valence-corrected chi connectivity index (χ1v) is 32.0. The van der Waals surface area contributed by atoms with Crippen molar-refractivity contribution in [1.82, 2.24) is 19.9 Å². The Hall–Kier alpha value is -9.54. The largest absolute Gasteiger partial charge is 0.508 e. The second-order valence-corrected chi connectivity index (χ2v) is 31.1. The summed E-state index contributed by atoms with van der Waals surface area (Å²) in [6.07, 6.45) is 0. The maximum Gasteiger partial charge on any atom is 0.305 e. The van der Waals surface area contributed by atoms with Crippen LogP contribution in [0.2, 0.25) is 0 Å². The number of phenols is 6. The average molecular weight is 1440 g/mol. The molecule has 0 atom stereocenters. The average Bonchev–Trinajstić information content (AvgIpc) is 1.55. The highest BCUT2D eigenvalue weighted by atomic mass is 32.1. The number of benzene rings is 6. The number of aromatic nitrogens is 4. The summed E-state index contributed by atoms with van der Waals surface area (Å²) in [4.78, 5) is 77.9. The van der Waals surface area contributed by atoms with Crippen LogP contribution in [-0.4, -0.2) is 75.6 Å². The molecule has 4 aromatic heterocycles. The molecule has 0 unspecified atom stereocenters. The van der Waals surface area contributed by atoms with Gasteiger partial charge in [-0.15, -0.1) is 0 Å². The quantitative estimate of drug-likeness (QED) is 0.0628. The number of anilines is 2. The summed E-state index contributed by atoms with van der Waals surface area (Å²) in [6.45, 7) is 37.3. The predicted molar refractivity (Wildman–Crippen MR) is 424 cm³/mol. The van der Waals surface area contributed by atoms with E-state index in [2.05, 4.69) is 134 Å². The lowest BCUT2D eigenvalue weighted by atomic mass is 9.84. The van der Waals surface area contributed by atoms with Gasteiger partial charge in [0.1, 0.15) is 51.5 Å². The molecule has 0 fully saturated rings. The zero-order chi connectivity index (χ0) is 70.1. The monoisotopic (exact) mass is 1430 g/mol. The number of hydrogen-bond acceptors (Lipinski definition) is 16. The first-order chi connectivity index (χ1) is 43.3. The van der Waals surface area contributed by atoms with E-state index in [1.54, 1.807) is 60.7 Å². The van der Waals surface area contributed by atoms with Crippen LogP contribution in [0.3, 0.4) is 0 Å². The summed E-state index contributed by atoms with van der Waals surface area (Å²) in [5.41, 5.74) is 8.66. The Kier molecular flexibility index (Phi) is 31.4. The molecule has 12 N–H and O–H groups in total. The number of H-pyrrole nitrogens is 4. The second-order valence-electron chi connectivity index (χ2n) is 29.1. The van der Waals surface area contributed by atoms with E-state index in [9.17, 15) is 59.4 Å². The Morgan fingerprint density at radius 1 is 0.347 bits per heavy atom. The van der Waals surface area contributed by atoms with E-state index in [0.29, 0.717) is 39.4 Å². The van der Waals surface area contributed by atoms with Crippen molar-refractivity contribution in [3.63, 3.8) is 0 Å². The topological polar surface area (TPSA) is 329 Å². The van der Waals surface area contributed by atoms with Crippen molar-refractivity contribution in [1.29, 1.82) is 0 Å². The Labute approximate surface area is 603 Å². The van der Waals surface area contributed by atoms with Crippen molar-refractivity contribution in [2.75, 3.05) is 23.8 Å². The molecule has 12 rings (SSSR count). The van der Waals surface area contributed by atoms with Crippen molar-refractivity contribution in [2.24, 2.45) is 0 Å². The Balaban J connectivity index is 0.00000117. The molecule has 20 nitrogen and oxygen atoms in total. The van der Waals surface area contributed by atoms with Gasteiger partial charge in [-0.05, 0) is 103 Å². The molecule has 2 aliphatic heterocycles. The van der Waals surface area contributed by atoms with Crippen LogP contribution in [0.25, 0.3) is 42.2 Å². The van der Waals surface area contributed by atoms with Gasteiger partial charge >= 0.3 is 9.75 Å². The lowest BCUT2D eigenvalue weighted by molar-refractivity contribution is -0.119. The van der Waals surface area contributed by atoms with Crippen LogP contribution in [0.1, 0.15) is 210 Å². The molecule has 0 bridgehead atoms. The first kappa shape index (κ1) is 91.5. The highest BCUT2D eigenvalue weighted by Gasteiger charge is 2.30. The SMILES string of the molecule is C.C.C.C.C.C.C.CC(C)(C)c1cc(O)cc2[nH]c(=O)ccc12.CC(C)(C)c1cc(O)cc2[nH]c(=O)sc12.CC(C)(C)c1cc(O)cc2c1OCC(=O)N2.CC(C)(C)c1ccc(O)c2[nH]c(=O)ccc12.CC(C)(C)c1ccc(O)c2[nH]c(=O)sc12.CC(C)(C)c1ccc(O)c2c1OCC(=O)N2. The third kappa shape index (κ3) is 22.5. The molecule has 2 amide bonds. The maximum absolute atomic E-state index is 11.3. The van der Waals surface area contributed by atoms with E-state index in [1.165, 1.54) is 29.5 Å². The van der Waals surface area contributed by atoms with Crippen molar-refractivity contribution >= 4 is 88.1 Å². The number of amides is 2. The smallest absolute Gasteiger partial charge is 0.305 e. The zero-order valence-corrected chi connectivity index (χ0v) is 58.1. The summed E-state index contributed by atoms with van der Waals surface area (Å²) in [6, 6.07) is 26.8. The van der Waals surface area contributed by atoms with Crippen LogP contribution in [0.5, 0.6) is 46.0 Å². The van der Waals surface area contributed by atoms with Crippen LogP contribution < -0.4 is 41.0 Å². The number of nitrogens with one attached hydrogen (secondary N) is 6. The number of hydrogen-bond donors (Lipinski definition) is 12. The van der Waals surface area contributed by atoms with Gasteiger partial charge in [0.05, 0.1) is 31.6 Å². The lowest BCUT2D eigenvalue weighted by Gasteiger charge is -2.27. The van der Waals surface area contributed by atoms with Crippen molar-refractivity contribution in [3.05, 3.63) is 170 Å². The third-order valence-electron chi connectivity index (χ3n) is 15.1. The van der Waals surface area contributed by atoms with E-state index in [4.69, 9.17) is 9.47 Å². The number of ether oxygens (including phenoxy) is 2. The van der Waals surface area contributed by atoms with Crippen molar-refractivity contribution in [2.45, 2.75) is 209 Å². The normalized spacial score (nSPS) is 12.2. The Morgan fingerprint density at radius 3 is 1.29 bits per heavy atom. The molecule has 556 valence electrons. The summed E-state index contributed by atoms with van der Waals surface area (Å²) in [5.74, 6) is 1.59. The molecule has 0 spiro atoms. The molecular formula is C79H114N6O14S2. The van der Waals surface area contributed by atoms with E-state index < -0.39 is 0 Å². The summed E-state index contributed by atoms with van der Waals surface area (Å²) < 4.78 is 12.6. The van der Waals surface area contributed by atoms with Gasteiger partial charge in [-0.1, -0.05) is 217 Å². The number of fused-ring (bicyclic) bond motifs is 6. The van der Waals surface area contributed by atoms with Crippen LogP contribution in [0.15, 0.2) is 116 Å². The van der Waals surface area contributed by atoms with Crippen molar-refractivity contribution < 1.29 is 49.7 Å². The fourth-order valence-electron chi connectivity index (χ4n) is 10.5. The zero-order valence-electron chi connectivity index (χ0n) is 56.4. The molecule has 2 aliphatic rings. The van der Waals surface area contributed by atoms with Gasteiger partial charge in [0, 0.05) is 52.2 Å². The van der Waals surface area contributed by atoms with Crippen LogP contribution in [0.4, 0.5) is 11.4 Å². The van der Waals surface area contributed by atoms with Crippen LogP contribution >= 0.6 is 22.7 Å². The standard InChI is InChI=1S/2C13H15NO2.2C12H15NO3.2C11H13NO2S.7CH4/c1-13(2,3)9-5-6-10(15)12-8(9)4-7-11(16)14-12;1-13(2,3)10-6-8(15)7-11-9(10)4-5-12(16)14-11;1-12(2,3)8-4-7(14)5-9-11(8)16-6-10(15)13-9;1-12(2,3)7-4-5-8(14)10-11(7)16-6-9(15)13-10;1-11(2,3)7-4-6(13)5-8-9(7)15-10(14)12-8;1-11(2,3)6-4-5-7(13)8-9(6)15-10(14)12-8;;;;;;;/h2*4-7,15H,1-3H3,(H,14,16);2*4-5,14H,6H2,1-3H3,(H,13,15);2*4-5,13H,1-3H3,(H,12,14);7*1H4. The Morgan fingerprint density at radius 2 is 0.752 bits per heavy atom. The Bertz CT molecular complexity index is 4740. The lowest BCUT2D eigenvalue weighted by Crippen LogP contribution is -2.27. The molecule has 0 saturated heterocycles. The fraction of sp³-hybridized carbons (Fsp3) is 0.418. The predicted octanol–water partition coefficient (Wildman–Crippen LogP) is 18.7. The summed E-state index contributed by atoms with van der Waals surface area (Å²) >= 11 is 2.34. The molecule has 10 aromatic rings. The molecular weight excluding hydrogens is 1320 g/mol. The maximum atomic E-state index is 11.3. The highest BCUT2D eigenvalue weighted by Crippen LogP contribution is 2.45. The van der Waals surface area contributed by atoms with E-state index >= 15 is 0 Å². The first-order valence-electron chi connectivity index (χ1n) is 30.3. The summed E-state index contributed by atoms with van der Waals surface area (Å²) in [5, 5.41) is 65.0. The third-order valence-corrected chi connectivity index (χ3v) is 16.9. The van der Waals surface area contributed by atoms with E-state index in [0.717, 1.165) is 70.4 Å². The summed E-state index contributed by atoms with van der Waals surface area (Å²) in [7, 11) is 0. The minimum Gasteiger partial charge on any atom is -0.508 e. The number of carbonyl (C=O) groups excluding carboxylic acids is 2.